The molecule has 1 nitrogen and oxygen atoms in total. The molecular weight excluding hydrogens is 410 g/mol. The highest BCUT2D eigenvalue weighted by molar-refractivity contribution is 6.13. The number of hydrogen-bond donors (Lipinski definition) is 0. The summed E-state index contributed by atoms with van der Waals surface area (Å²) < 4.78 is 2.40. The molecule has 0 bridgehead atoms. The molecule has 0 atom stereocenters. The molecule has 0 radical (unpaired) electrons. The third-order valence-electron chi connectivity index (χ3n) is 7.17. The summed E-state index contributed by atoms with van der Waals surface area (Å²) in [5.41, 5.74) is 7.53. The molecule has 0 amide bonds. The lowest BCUT2D eigenvalue weighted by Gasteiger charge is -2.12. The Morgan fingerprint density at radius 2 is 1.12 bits per heavy atom. The normalized spacial score (nSPS) is 11.7. The van der Waals surface area contributed by atoms with Gasteiger partial charge in [-0.1, -0.05) is 91.0 Å². The average molecular weight is 434 g/mol. The van der Waals surface area contributed by atoms with Gasteiger partial charge >= 0.3 is 0 Å². The average Bonchev–Trinajstić information content (AvgIpc) is 3.21. The number of benzene rings is 6. The molecule has 7 rings (SSSR count). The molecule has 0 aliphatic carbocycles. The highest BCUT2D eigenvalue weighted by atomic mass is 15.0. The van der Waals surface area contributed by atoms with E-state index in [0.717, 1.165) is 0 Å². The molecule has 7 aromatic rings. The number of nitrogens with zero attached hydrogens (tertiary/aromatic N) is 1. The summed E-state index contributed by atoms with van der Waals surface area (Å²) in [5, 5.41) is 7.74. The number of para-hydroxylation sites is 1. The minimum atomic E-state index is 1.18. The molecule has 0 saturated carbocycles. The molecule has 0 aliphatic heterocycles. The maximum Gasteiger partial charge on any atom is 0.0547 e. The predicted octanol–water partition coefficient (Wildman–Crippen LogP) is 9.07. The maximum absolute atomic E-state index is 2.40. The van der Waals surface area contributed by atoms with Crippen LogP contribution in [0.25, 0.3) is 60.2 Å². The fourth-order valence-corrected chi connectivity index (χ4v) is 5.46. The molecule has 0 fully saturated rings. The van der Waals surface area contributed by atoms with Gasteiger partial charge in [-0.3, -0.25) is 0 Å². The highest BCUT2D eigenvalue weighted by Gasteiger charge is 2.13. The van der Waals surface area contributed by atoms with Gasteiger partial charge in [0.05, 0.1) is 11.0 Å². The van der Waals surface area contributed by atoms with E-state index in [1.165, 1.54) is 65.7 Å². The SMILES string of the molecule is Cc1c(-c2ccc(-n3c4ccccc4c4cc5ccccc5cc43)cc2)ccc2ccccc12. The Morgan fingerprint density at radius 1 is 0.471 bits per heavy atom. The van der Waals surface area contributed by atoms with Gasteiger partial charge in [-0.25, -0.2) is 0 Å². The van der Waals surface area contributed by atoms with Crippen LogP contribution in [0.1, 0.15) is 5.56 Å². The van der Waals surface area contributed by atoms with Crippen molar-refractivity contribution in [3.05, 3.63) is 127 Å². The van der Waals surface area contributed by atoms with E-state index in [9.17, 15) is 0 Å². The van der Waals surface area contributed by atoms with Crippen molar-refractivity contribution in [2.75, 3.05) is 0 Å². The molecule has 0 saturated heterocycles. The van der Waals surface area contributed by atoms with E-state index >= 15 is 0 Å². The molecule has 1 heteroatoms. The van der Waals surface area contributed by atoms with Crippen LogP contribution in [0.15, 0.2) is 121 Å². The zero-order chi connectivity index (χ0) is 22.6. The quantitative estimate of drug-likeness (QED) is 0.256. The Hall–Kier alpha value is -4.36. The van der Waals surface area contributed by atoms with E-state index in [4.69, 9.17) is 0 Å². The van der Waals surface area contributed by atoms with Crippen molar-refractivity contribution in [1.82, 2.24) is 4.57 Å². The molecule has 0 aliphatic rings. The van der Waals surface area contributed by atoms with Gasteiger partial charge in [0.15, 0.2) is 0 Å². The van der Waals surface area contributed by atoms with Crippen LogP contribution in [0.3, 0.4) is 0 Å². The van der Waals surface area contributed by atoms with Crippen LogP contribution in [0.4, 0.5) is 0 Å². The second kappa shape index (κ2) is 7.33. The largest absolute Gasteiger partial charge is 0.309 e. The van der Waals surface area contributed by atoms with Gasteiger partial charge in [0.1, 0.15) is 0 Å². The fourth-order valence-electron chi connectivity index (χ4n) is 5.46. The van der Waals surface area contributed by atoms with Gasteiger partial charge in [-0.2, -0.15) is 0 Å². The van der Waals surface area contributed by atoms with Gasteiger partial charge in [-0.15, -0.1) is 0 Å². The van der Waals surface area contributed by atoms with E-state index in [-0.39, 0.29) is 0 Å². The van der Waals surface area contributed by atoms with Gasteiger partial charge in [0.25, 0.3) is 0 Å². The van der Waals surface area contributed by atoms with Gasteiger partial charge < -0.3 is 4.57 Å². The Kier molecular flexibility index (Phi) is 4.13. The fraction of sp³-hybridized carbons (Fsp3) is 0.0303. The lowest BCUT2D eigenvalue weighted by molar-refractivity contribution is 1.18. The second-order valence-corrected chi connectivity index (χ2v) is 9.08. The molecule has 0 unspecified atom stereocenters. The molecule has 160 valence electrons. The minimum absolute atomic E-state index is 1.18. The van der Waals surface area contributed by atoms with Crippen LogP contribution in [-0.4, -0.2) is 4.57 Å². The molecule has 0 N–H and O–H groups in total. The van der Waals surface area contributed by atoms with Crippen LogP contribution in [0.2, 0.25) is 0 Å². The van der Waals surface area contributed by atoms with Crippen LogP contribution in [-0.2, 0) is 0 Å². The Balaban J connectivity index is 1.43. The zero-order valence-electron chi connectivity index (χ0n) is 19.0. The summed E-state index contributed by atoms with van der Waals surface area (Å²) in [4.78, 5) is 0. The van der Waals surface area contributed by atoms with Gasteiger partial charge in [0, 0.05) is 16.5 Å². The van der Waals surface area contributed by atoms with Crippen molar-refractivity contribution in [2.24, 2.45) is 0 Å². The van der Waals surface area contributed by atoms with Crippen molar-refractivity contribution < 1.29 is 0 Å². The summed E-state index contributed by atoms with van der Waals surface area (Å²) in [6, 6.07) is 44.1. The minimum Gasteiger partial charge on any atom is -0.309 e. The summed E-state index contributed by atoms with van der Waals surface area (Å²) in [6.45, 7) is 2.23. The first kappa shape index (κ1) is 19.1. The molecule has 6 aromatic carbocycles. The van der Waals surface area contributed by atoms with Crippen molar-refractivity contribution in [2.45, 2.75) is 6.92 Å². The Morgan fingerprint density at radius 3 is 1.91 bits per heavy atom. The van der Waals surface area contributed by atoms with E-state index in [0.29, 0.717) is 0 Å². The summed E-state index contributed by atoms with van der Waals surface area (Å²) in [5.74, 6) is 0. The smallest absolute Gasteiger partial charge is 0.0547 e. The predicted molar refractivity (Wildman–Crippen MR) is 146 cm³/mol. The van der Waals surface area contributed by atoms with Gasteiger partial charge in [-0.05, 0) is 75.5 Å². The van der Waals surface area contributed by atoms with Gasteiger partial charge in [0.2, 0.25) is 0 Å². The third kappa shape index (κ3) is 2.80. The van der Waals surface area contributed by atoms with Crippen molar-refractivity contribution in [1.29, 1.82) is 0 Å². The molecule has 0 spiro atoms. The standard InChI is InChI=1S/C33H23N/c1-22-28-11-5-4-8-23(28)16-19-29(22)24-14-17-27(18-15-24)34-32-13-7-6-12-30(32)31-20-25-9-2-3-10-26(25)21-33(31)34/h2-21H,1H3. The monoisotopic (exact) mass is 433 g/mol. The molecular formula is C33H23N. The zero-order valence-corrected chi connectivity index (χ0v) is 19.0. The first-order chi connectivity index (χ1) is 16.8. The Labute approximate surface area is 198 Å². The number of rotatable bonds is 2. The van der Waals surface area contributed by atoms with E-state index in [1.54, 1.807) is 0 Å². The van der Waals surface area contributed by atoms with Crippen molar-refractivity contribution >= 4 is 43.4 Å². The van der Waals surface area contributed by atoms with Crippen molar-refractivity contribution in [3.8, 4) is 16.8 Å². The molecule has 1 heterocycles. The summed E-state index contributed by atoms with van der Waals surface area (Å²) >= 11 is 0. The third-order valence-corrected chi connectivity index (χ3v) is 7.17. The first-order valence-corrected chi connectivity index (χ1v) is 11.8. The Bertz CT molecular complexity index is 1850. The van der Waals surface area contributed by atoms with Crippen LogP contribution in [0.5, 0.6) is 0 Å². The second-order valence-electron chi connectivity index (χ2n) is 9.08. The number of fused-ring (bicyclic) bond motifs is 5. The highest BCUT2D eigenvalue weighted by Crippen LogP contribution is 2.36. The molecule has 34 heavy (non-hydrogen) atoms. The van der Waals surface area contributed by atoms with E-state index in [2.05, 4.69) is 133 Å². The summed E-state index contributed by atoms with van der Waals surface area (Å²) in [7, 11) is 0. The first-order valence-electron chi connectivity index (χ1n) is 11.8. The molecule has 1 aromatic heterocycles. The van der Waals surface area contributed by atoms with Crippen LogP contribution >= 0.6 is 0 Å². The maximum atomic E-state index is 2.40. The number of aryl methyl sites for hydroxylation is 1. The lowest BCUT2D eigenvalue weighted by atomic mass is 9.95. The lowest BCUT2D eigenvalue weighted by Crippen LogP contribution is -1.94. The topological polar surface area (TPSA) is 4.93 Å². The van der Waals surface area contributed by atoms with Crippen molar-refractivity contribution in [3.63, 3.8) is 0 Å². The summed E-state index contributed by atoms with van der Waals surface area (Å²) in [6.07, 6.45) is 0. The van der Waals surface area contributed by atoms with E-state index in [1.807, 2.05) is 0 Å². The number of aromatic nitrogens is 1. The van der Waals surface area contributed by atoms with E-state index < -0.39 is 0 Å². The van der Waals surface area contributed by atoms with Crippen LogP contribution in [0, 0.1) is 6.92 Å². The number of hydrogen-bond acceptors (Lipinski definition) is 0. The van der Waals surface area contributed by atoms with Crippen LogP contribution < -0.4 is 0 Å².